The molecule has 8 heavy (non-hydrogen) atoms. The fraction of sp³-hybridized carbons (Fsp3) is 0.500. The first kappa shape index (κ1) is 7.37. The van der Waals surface area contributed by atoms with Gasteiger partial charge in [0.2, 0.25) is 6.29 Å². The lowest BCUT2D eigenvalue weighted by molar-refractivity contribution is 0.191. The van der Waals surface area contributed by atoms with E-state index >= 15 is 0 Å². The van der Waals surface area contributed by atoms with Crippen LogP contribution in [0.25, 0.3) is 0 Å². The van der Waals surface area contributed by atoms with Crippen LogP contribution in [-0.2, 0) is 4.79 Å². The van der Waals surface area contributed by atoms with E-state index in [9.17, 15) is 4.79 Å². The fourth-order valence-corrected chi connectivity index (χ4v) is 0.274. The Bertz CT molecular complexity index is 76.5. The normalized spacial score (nSPS) is 16.8. The van der Waals surface area contributed by atoms with Crippen molar-refractivity contribution >= 4 is 6.29 Å². The lowest BCUT2D eigenvalue weighted by atomic mass is 10.1. The number of hydrogen-bond donors (Lipinski definition) is 1. The second-order valence-electron chi connectivity index (χ2n) is 1.63. The van der Waals surface area contributed by atoms with Gasteiger partial charge in [0.25, 0.3) is 0 Å². The maximum absolute atomic E-state index is 9.77. The summed E-state index contributed by atoms with van der Waals surface area (Å²) in [4.78, 5) is 9.77. The van der Waals surface area contributed by atoms with E-state index in [1.54, 1.807) is 13.2 Å². The standard InChI is InChI=1S/C6H9O2/c1-3-6(8)5(2)4-7/h3,5-6,8H,1H2,2H3/t5-,6-/m1/s1. The summed E-state index contributed by atoms with van der Waals surface area (Å²) in [5.74, 6) is -0.451. The summed E-state index contributed by atoms with van der Waals surface area (Å²) >= 11 is 0. The molecule has 2 nitrogen and oxygen atoms in total. The van der Waals surface area contributed by atoms with Crippen LogP contribution in [0.2, 0.25) is 0 Å². The van der Waals surface area contributed by atoms with Crippen LogP contribution in [0.15, 0.2) is 12.7 Å². The molecule has 2 atom stereocenters. The Labute approximate surface area is 48.8 Å². The van der Waals surface area contributed by atoms with Crippen molar-refractivity contribution in [1.82, 2.24) is 0 Å². The average molecular weight is 113 g/mol. The Balaban J connectivity index is 3.60. The van der Waals surface area contributed by atoms with E-state index in [0.29, 0.717) is 0 Å². The van der Waals surface area contributed by atoms with Crippen LogP contribution in [0, 0.1) is 5.92 Å². The Hall–Kier alpha value is -0.630. The van der Waals surface area contributed by atoms with E-state index in [2.05, 4.69) is 6.58 Å². The van der Waals surface area contributed by atoms with Gasteiger partial charge in [-0.3, -0.25) is 4.79 Å². The predicted octanol–water partition coefficient (Wildman–Crippen LogP) is 0.279. The highest BCUT2D eigenvalue weighted by atomic mass is 16.3. The van der Waals surface area contributed by atoms with Crippen LogP contribution in [-0.4, -0.2) is 17.5 Å². The van der Waals surface area contributed by atoms with Gasteiger partial charge in [-0.15, -0.1) is 6.58 Å². The van der Waals surface area contributed by atoms with Crippen LogP contribution in [0.1, 0.15) is 6.92 Å². The molecule has 0 aromatic carbocycles. The van der Waals surface area contributed by atoms with Gasteiger partial charge in [0.05, 0.1) is 12.0 Å². The van der Waals surface area contributed by atoms with Gasteiger partial charge in [-0.05, 0) is 0 Å². The smallest absolute Gasteiger partial charge is 0.204 e. The van der Waals surface area contributed by atoms with Crippen molar-refractivity contribution in [3.63, 3.8) is 0 Å². The Kier molecular flexibility index (Phi) is 3.12. The molecule has 0 amide bonds. The molecule has 1 N–H and O–H groups in total. The van der Waals surface area contributed by atoms with Crippen molar-refractivity contribution in [2.24, 2.45) is 5.92 Å². The average Bonchev–Trinajstić information content (AvgIpc) is 1.84. The van der Waals surface area contributed by atoms with Gasteiger partial charge < -0.3 is 5.11 Å². The van der Waals surface area contributed by atoms with Crippen molar-refractivity contribution in [3.05, 3.63) is 12.7 Å². The highest BCUT2D eigenvalue weighted by Gasteiger charge is 2.07. The molecule has 0 unspecified atom stereocenters. The highest BCUT2D eigenvalue weighted by molar-refractivity contribution is 5.55. The van der Waals surface area contributed by atoms with Crippen molar-refractivity contribution in [3.8, 4) is 0 Å². The van der Waals surface area contributed by atoms with Crippen LogP contribution < -0.4 is 0 Å². The SMILES string of the molecule is C=C[C@@H](O)[C@H](C)[C]=O. The largest absolute Gasteiger partial charge is 0.388 e. The minimum atomic E-state index is -0.743. The van der Waals surface area contributed by atoms with E-state index in [0.717, 1.165) is 0 Å². The zero-order valence-electron chi connectivity index (χ0n) is 4.79. The molecule has 45 valence electrons. The molecule has 2 heteroatoms. The summed E-state index contributed by atoms with van der Waals surface area (Å²) in [5, 5.41) is 8.75. The van der Waals surface area contributed by atoms with Crippen LogP contribution in [0.4, 0.5) is 0 Å². The number of aliphatic hydroxyl groups excluding tert-OH is 1. The molecule has 0 bridgehead atoms. The Morgan fingerprint density at radius 1 is 1.88 bits per heavy atom. The molecule has 0 aromatic heterocycles. The van der Waals surface area contributed by atoms with E-state index in [1.165, 1.54) is 6.08 Å². The summed E-state index contributed by atoms with van der Waals surface area (Å²) in [6, 6.07) is 0. The maximum Gasteiger partial charge on any atom is 0.204 e. The molecule has 1 radical (unpaired) electrons. The number of rotatable bonds is 3. The molecule has 0 spiro atoms. The van der Waals surface area contributed by atoms with Crippen molar-refractivity contribution in [1.29, 1.82) is 0 Å². The molecule has 0 aliphatic carbocycles. The minimum absolute atomic E-state index is 0.451. The summed E-state index contributed by atoms with van der Waals surface area (Å²) in [7, 11) is 0. The quantitative estimate of drug-likeness (QED) is 0.534. The minimum Gasteiger partial charge on any atom is -0.388 e. The summed E-state index contributed by atoms with van der Waals surface area (Å²) < 4.78 is 0. The van der Waals surface area contributed by atoms with E-state index in [4.69, 9.17) is 5.11 Å². The van der Waals surface area contributed by atoms with Gasteiger partial charge in [0, 0.05) is 0 Å². The first-order valence-electron chi connectivity index (χ1n) is 2.40. The Morgan fingerprint density at radius 3 is 2.50 bits per heavy atom. The van der Waals surface area contributed by atoms with E-state index < -0.39 is 12.0 Å². The molecular formula is C6H9O2. The summed E-state index contributed by atoms with van der Waals surface area (Å²) in [5.41, 5.74) is 0. The Morgan fingerprint density at radius 2 is 2.38 bits per heavy atom. The van der Waals surface area contributed by atoms with Crippen LogP contribution >= 0.6 is 0 Å². The summed E-state index contributed by atoms with van der Waals surface area (Å²) in [6.07, 6.45) is 2.22. The molecular weight excluding hydrogens is 104 g/mol. The van der Waals surface area contributed by atoms with Gasteiger partial charge >= 0.3 is 0 Å². The van der Waals surface area contributed by atoms with Gasteiger partial charge in [0.15, 0.2) is 0 Å². The topological polar surface area (TPSA) is 37.3 Å². The zero-order valence-corrected chi connectivity index (χ0v) is 4.79. The summed E-state index contributed by atoms with van der Waals surface area (Å²) in [6.45, 7) is 4.88. The molecule has 0 saturated carbocycles. The third-order valence-electron chi connectivity index (χ3n) is 0.940. The zero-order chi connectivity index (χ0) is 6.57. The second-order valence-corrected chi connectivity index (χ2v) is 1.63. The van der Waals surface area contributed by atoms with Crippen LogP contribution in [0.5, 0.6) is 0 Å². The van der Waals surface area contributed by atoms with Gasteiger partial charge in [-0.25, -0.2) is 0 Å². The molecule has 0 heterocycles. The monoisotopic (exact) mass is 113 g/mol. The highest BCUT2D eigenvalue weighted by Crippen LogP contribution is 1.97. The molecule has 0 aliphatic rings. The maximum atomic E-state index is 9.77. The van der Waals surface area contributed by atoms with E-state index in [-0.39, 0.29) is 0 Å². The van der Waals surface area contributed by atoms with Gasteiger partial charge in [-0.1, -0.05) is 13.0 Å². The van der Waals surface area contributed by atoms with Gasteiger partial charge in [0.1, 0.15) is 0 Å². The third-order valence-corrected chi connectivity index (χ3v) is 0.940. The molecule has 0 aromatic rings. The molecule has 0 saturated heterocycles. The lowest BCUT2D eigenvalue weighted by Gasteiger charge is -2.04. The number of carbonyl (C=O) groups excluding carboxylic acids is 1. The lowest BCUT2D eigenvalue weighted by Crippen LogP contribution is -2.14. The number of aliphatic hydroxyl groups is 1. The third kappa shape index (κ3) is 1.89. The first-order valence-corrected chi connectivity index (χ1v) is 2.40. The van der Waals surface area contributed by atoms with Gasteiger partial charge in [-0.2, -0.15) is 0 Å². The van der Waals surface area contributed by atoms with Crippen molar-refractivity contribution in [2.45, 2.75) is 13.0 Å². The first-order chi connectivity index (χ1) is 3.72. The predicted molar refractivity (Wildman–Crippen MR) is 31.1 cm³/mol. The molecule has 0 fully saturated rings. The molecule has 0 aliphatic heterocycles. The molecule has 0 rings (SSSR count). The fourth-order valence-electron chi connectivity index (χ4n) is 0.274. The van der Waals surface area contributed by atoms with Crippen molar-refractivity contribution < 1.29 is 9.90 Å². The van der Waals surface area contributed by atoms with E-state index in [1.807, 2.05) is 0 Å². The second kappa shape index (κ2) is 3.38. The van der Waals surface area contributed by atoms with Crippen molar-refractivity contribution in [2.75, 3.05) is 0 Å². The van der Waals surface area contributed by atoms with Crippen LogP contribution in [0.3, 0.4) is 0 Å². The number of hydrogen-bond acceptors (Lipinski definition) is 2.